The fourth-order valence-corrected chi connectivity index (χ4v) is 4.14. The van der Waals surface area contributed by atoms with Crippen molar-refractivity contribution in [2.24, 2.45) is 0 Å². The van der Waals surface area contributed by atoms with Crippen LogP contribution in [0.1, 0.15) is 25.8 Å². The number of halogens is 3. The summed E-state index contributed by atoms with van der Waals surface area (Å²) in [6.07, 6.45) is 1.69. The predicted octanol–water partition coefficient (Wildman–Crippen LogP) is 3.19. The van der Waals surface area contributed by atoms with Gasteiger partial charge in [-0.25, -0.2) is 13.1 Å². The Morgan fingerprint density at radius 3 is 2.64 bits per heavy atom. The fourth-order valence-electron chi connectivity index (χ4n) is 2.23. The van der Waals surface area contributed by atoms with Crippen LogP contribution in [0.4, 0.5) is 5.95 Å². The highest BCUT2D eigenvalue weighted by Gasteiger charge is 2.29. The molecule has 0 bridgehead atoms. The molecule has 0 aliphatic heterocycles. The van der Waals surface area contributed by atoms with Crippen molar-refractivity contribution in [3.63, 3.8) is 0 Å². The Hall–Kier alpha value is -1.06. The molecule has 1 aromatic heterocycles. The van der Waals surface area contributed by atoms with E-state index < -0.39 is 15.6 Å². The maximum absolute atomic E-state index is 11.9. The Morgan fingerprint density at radius 1 is 1.36 bits per heavy atom. The molecule has 1 N–H and O–H groups in total. The number of hydrogen-bond acceptors (Lipinski definition) is 5. The van der Waals surface area contributed by atoms with E-state index in [0.717, 1.165) is 0 Å². The third kappa shape index (κ3) is 4.77. The topological polar surface area (TPSA) is 88.3 Å². The molecule has 138 valence electrons. The monoisotopic (exact) mass is 426 g/mol. The summed E-state index contributed by atoms with van der Waals surface area (Å²) in [5, 5.41) is 15.5. The van der Waals surface area contributed by atoms with Gasteiger partial charge < -0.3 is 5.11 Å². The maximum Gasteiger partial charge on any atom is 0.273 e. The minimum absolute atomic E-state index is 0.0140. The zero-order valence-electron chi connectivity index (χ0n) is 13.5. The summed E-state index contributed by atoms with van der Waals surface area (Å²) >= 11 is 17.8. The van der Waals surface area contributed by atoms with E-state index in [4.69, 9.17) is 35.0 Å². The van der Waals surface area contributed by atoms with E-state index in [9.17, 15) is 13.5 Å². The molecule has 0 radical (unpaired) electrons. The second kappa shape index (κ2) is 7.67. The molecule has 1 atom stereocenters. The lowest BCUT2D eigenvalue weighted by atomic mass is 9.96. The van der Waals surface area contributed by atoms with Gasteiger partial charge in [-0.15, -0.1) is 8.92 Å². The Balaban J connectivity index is 2.22. The number of hydrogen-bond donors (Lipinski definition) is 1. The van der Waals surface area contributed by atoms with Crippen LogP contribution >= 0.6 is 35.0 Å². The van der Waals surface area contributed by atoms with Gasteiger partial charge in [0.25, 0.3) is 16.0 Å². The van der Waals surface area contributed by atoms with Gasteiger partial charge in [0.2, 0.25) is 0 Å². The largest absolute Gasteiger partial charge is 0.383 e. The Kier molecular flexibility index (Phi) is 6.22. The lowest BCUT2D eigenvalue weighted by Gasteiger charge is -2.24. The Bertz CT molecular complexity index is 855. The SMILES string of the molecule is CCCS(=O)(=O)N(Cl)c1ncn(CC(C)(O)c2ccc(Cl)cc2Cl)n1. The number of nitrogens with zero attached hydrogens (tertiary/aromatic N) is 4. The van der Waals surface area contributed by atoms with Crippen LogP contribution < -0.4 is 3.82 Å². The highest BCUT2D eigenvalue weighted by Crippen LogP contribution is 2.31. The van der Waals surface area contributed by atoms with Gasteiger partial charge in [-0.1, -0.05) is 36.2 Å². The number of aromatic nitrogens is 3. The van der Waals surface area contributed by atoms with Crippen LogP contribution in [-0.4, -0.2) is 34.0 Å². The highest BCUT2D eigenvalue weighted by atomic mass is 35.5. The summed E-state index contributed by atoms with van der Waals surface area (Å²) in [6.45, 7) is 3.26. The molecule has 2 aromatic rings. The third-order valence-corrected chi connectivity index (χ3v) is 6.27. The van der Waals surface area contributed by atoms with E-state index in [0.29, 0.717) is 25.9 Å². The molecule has 1 heterocycles. The van der Waals surface area contributed by atoms with E-state index >= 15 is 0 Å². The zero-order chi connectivity index (χ0) is 18.8. The fraction of sp³-hybridized carbons (Fsp3) is 0.429. The van der Waals surface area contributed by atoms with Crippen LogP contribution in [0.3, 0.4) is 0 Å². The number of rotatable bonds is 7. The van der Waals surface area contributed by atoms with E-state index in [1.165, 1.54) is 17.1 Å². The van der Waals surface area contributed by atoms with Crippen LogP contribution in [0.25, 0.3) is 0 Å². The van der Waals surface area contributed by atoms with Crippen molar-refractivity contribution in [2.75, 3.05) is 9.58 Å². The minimum Gasteiger partial charge on any atom is -0.383 e. The van der Waals surface area contributed by atoms with Crippen LogP contribution in [0, 0.1) is 0 Å². The molecule has 0 saturated heterocycles. The van der Waals surface area contributed by atoms with E-state index in [1.807, 2.05) is 0 Å². The third-order valence-electron chi connectivity index (χ3n) is 3.37. The van der Waals surface area contributed by atoms with Crippen molar-refractivity contribution in [1.29, 1.82) is 0 Å². The average Bonchev–Trinajstić information content (AvgIpc) is 2.93. The summed E-state index contributed by atoms with van der Waals surface area (Å²) in [6, 6.07) is 4.75. The molecule has 7 nitrogen and oxygen atoms in total. The van der Waals surface area contributed by atoms with Gasteiger partial charge in [-0.2, -0.15) is 4.98 Å². The van der Waals surface area contributed by atoms with E-state index in [-0.39, 0.29) is 18.2 Å². The van der Waals surface area contributed by atoms with Gasteiger partial charge in [0.1, 0.15) is 11.9 Å². The molecule has 2 rings (SSSR count). The normalized spacial score (nSPS) is 14.3. The van der Waals surface area contributed by atoms with Crippen LogP contribution in [0.15, 0.2) is 24.5 Å². The average molecular weight is 428 g/mol. The van der Waals surface area contributed by atoms with Gasteiger partial charge >= 0.3 is 0 Å². The smallest absolute Gasteiger partial charge is 0.273 e. The predicted molar refractivity (Wildman–Crippen MR) is 98.5 cm³/mol. The molecular weight excluding hydrogens is 411 g/mol. The second-order valence-electron chi connectivity index (χ2n) is 5.67. The van der Waals surface area contributed by atoms with Crippen molar-refractivity contribution in [2.45, 2.75) is 32.4 Å². The first-order chi connectivity index (χ1) is 11.6. The van der Waals surface area contributed by atoms with Gasteiger partial charge in [-0.3, -0.25) is 0 Å². The molecule has 11 heteroatoms. The van der Waals surface area contributed by atoms with E-state index in [1.54, 1.807) is 26.0 Å². The van der Waals surface area contributed by atoms with Gasteiger partial charge in [0, 0.05) is 27.4 Å². The molecule has 1 aromatic carbocycles. The molecular formula is C14H17Cl3N4O3S. The van der Waals surface area contributed by atoms with Crippen molar-refractivity contribution < 1.29 is 13.5 Å². The molecule has 0 spiro atoms. The summed E-state index contributed by atoms with van der Waals surface area (Å²) in [5.74, 6) is -0.309. The van der Waals surface area contributed by atoms with Crippen LogP contribution in [0.2, 0.25) is 10.0 Å². The second-order valence-corrected chi connectivity index (χ2v) is 8.99. The molecule has 1 unspecified atom stereocenters. The number of sulfonamides is 1. The summed E-state index contributed by atoms with van der Waals surface area (Å²) < 4.78 is 25.7. The van der Waals surface area contributed by atoms with Crippen molar-refractivity contribution in [3.8, 4) is 0 Å². The molecule has 0 amide bonds. The molecule has 0 fully saturated rings. The molecule has 0 aliphatic rings. The summed E-state index contributed by atoms with van der Waals surface area (Å²) in [5.41, 5.74) is -0.927. The quantitative estimate of drug-likeness (QED) is 0.686. The number of anilines is 1. The first-order valence-electron chi connectivity index (χ1n) is 7.33. The first kappa shape index (κ1) is 20.3. The lowest BCUT2D eigenvalue weighted by Crippen LogP contribution is -2.29. The number of aliphatic hydroxyl groups is 1. The summed E-state index contributed by atoms with van der Waals surface area (Å²) in [7, 11) is -3.70. The van der Waals surface area contributed by atoms with Crippen molar-refractivity contribution in [3.05, 3.63) is 40.1 Å². The first-order valence-corrected chi connectivity index (χ1v) is 10.0. The highest BCUT2D eigenvalue weighted by molar-refractivity contribution is 7.94. The standard InChI is InChI=1S/C14H17Cl3N4O3S/c1-3-6-25(23,24)21(17)13-18-9-20(19-13)8-14(2,22)11-5-4-10(15)7-12(11)16/h4-5,7,9,22H,3,6,8H2,1-2H3. The lowest BCUT2D eigenvalue weighted by molar-refractivity contribution is 0.0347. The Morgan fingerprint density at radius 2 is 2.04 bits per heavy atom. The maximum atomic E-state index is 11.9. The van der Waals surface area contributed by atoms with E-state index in [2.05, 4.69) is 10.1 Å². The summed E-state index contributed by atoms with van der Waals surface area (Å²) in [4.78, 5) is 3.88. The molecule has 25 heavy (non-hydrogen) atoms. The van der Waals surface area contributed by atoms with Crippen molar-refractivity contribution in [1.82, 2.24) is 14.8 Å². The van der Waals surface area contributed by atoms with Gasteiger partial charge in [0.15, 0.2) is 0 Å². The minimum atomic E-state index is -3.70. The van der Waals surface area contributed by atoms with Gasteiger partial charge in [-0.05, 0) is 25.5 Å². The zero-order valence-corrected chi connectivity index (χ0v) is 16.6. The van der Waals surface area contributed by atoms with Crippen LogP contribution in [0.5, 0.6) is 0 Å². The van der Waals surface area contributed by atoms with Crippen molar-refractivity contribution >= 4 is 51.0 Å². The van der Waals surface area contributed by atoms with Crippen LogP contribution in [-0.2, 0) is 22.2 Å². The van der Waals surface area contributed by atoms with Gasteiger partial charge in [0.05, 0.1) is 12.3 Å². The Labute approximate surface area is 161 Å². The molecule has 0 saturated carbocycles. The molecule has 0 aliphatic carbocycles. The number of benzene rings is 1.